The Kier molecular flexibility index (Phi) is 8.14. The van der Waals surface area contributed by atoms with E-state index in [1.165, 1.54) is 30.1 Å². The Labute approximate surface area is 244 Å². The number of aryl methyl sites for hydroxylation is 1. The van der Waals surface area contributed by atoms with Crippen molar-refractivity contribution in [2.24, 2.45) is 0 Å². The number of aromatic amines is 1. The number of anilines is 3. The minimum atomic E-state index is -4.66. The molecule has 3 heterocycles. The van der Waals surface area contributed by atoms with E-state index < -0.39 is 40.9 Å². The van der Waals surface area contributed by atoms with Crippen LogP contribution in [0.25, 0.3) is 10.9 Å². The molecular weight excluding hydrogens is 573 g/mol. The number of hydrogen-bond acceptors (Lipinski definition) is 7. The number of aromatic nitrogens is 3. The minimum Gasteiger partial charge on any atom is -0.435 e. The van der Waals surface area contributed by atoms with Gasteiger partial charge in [0.05, 0.1) is 11.1 Å². The predicted octanol–water partition coefficient (Wildman–Crippen LogP) is 5.94. The number of nitrogens with one attached hydrogen (secondary N) is 2. The molecule has 2 N–H and O–H groups in total. The average Bonchev–Trinajstić information content (AvgIpc) is 3.37. The average molecular weight is 604 g/mol. The molecule has 0 atom stereocenters. The van der Waals surface area contributed by atoms with E-state index >= 15 is 4.39 Å². The van der Waals surface area contributed by atoms with E-state index in [0.717, 1.165) is 18.5 Å². The van der Waals surface area contributed by atoms with Gasteiger partial charge in [0.2, 0.25) is 5.88 Å². The van der Waals surface area contributed by atoms with Crippen molar-refractivity contribution in [3.63, 3.8) is 0 Å². The van der Waals surface area contributed by atoms with Crippen LogP contribution >= 0.6 is 0 Å². The number of halogens is 5. The maximum atomic E-state index is 15.3. The summed E-state index contributed by atoms with van der Waals surface area (Å²) in [4.78, 5) is 29.3. The Morgan fingerprint density at radius 3 is 2.51 bits per heavy atom. The van der Waals surface area contributed by atoms with Crippen molar-refractivity contribution in [3.8, 4) is 11.6 Å². The van der Waals surface area contributed by atoms with Gasteiger partial charge in [-0.1, -0.05) is 0 Å². The highest BCUT2D eigenvalue weighted by Gasteiger charge is 2.36. The Bertz CT molecular complexity index is 1670. The molecule has 43 heavy (non-hydrogen) atoms. The highest BCUT2D eigenvalue weighted by atomic mass is 19.4. The number of alkyl halides is 3. The van der Waals surface area contributed by atoms with Crippen molar-refractivity contribution in [3.05, 3.63) is 65.1 Å². The molecule has 1 aliphatic rings. The number of rotatable bonds is 7. The molecule has 0 saturated carbocycles. The summed E-state index contributed by atoms with van der Waals surface area (Å²) in [6.07, 6.45) is -3.65. The summed E-state index contributed by atoms with van der Waals surface area (Å²) in [6.45, 7) is 5.72. The summed E-state index contributed by atoms with van der Waals surface area (Å²) >= 11 is 0. The van der Waals surface area contributed by atoms with Gasteiger partial charge in [-0.3, -0.25) is 4.79 Å². The van der Waals surface area contributed by atoms with Gasteiger partial charge < -0.3 is 29.7 Å². The molecule has 5 rings (SSSR count). The molecular formula is C29H30F5N7O2. The van der Waals surface area contributed by atoms with Gasteiger partial charge in [0, 0.05) is 68.3 Å². The number of likely N-dealkylation sites (N-methyl/N-ethyl adjacent to an activating group) is 1. The van der Waals surface area contributed by atoms with Gasteiger partial charge in [0.15, 0.2) is 23.2 Å². The summed E-state index contributed by atoms with van der Waals surface area (Å²) in [5, 5.41) is 2.73. The molecule has 0 radical (unpaired) electrons. The van der Waals surface area contributed by atoms with Crippen LogP contribution in [-0.2, 0) is 6.18 Å². The van der Waals surface area contributed by atoms with E-state index in [4.69, 9.17) is 4.74 Å². The molecule has 14 heteroatoms. The van der Waals surface area contributed by atoms with Crippen LogP contribution in [0.5, 0.6) is 11.6 Å². The van der Waals surface area contributed by atoms with E-state index in [0.29, 0.717) is 31.9 Å². The molecule has 0 bridgehead atoms. The van der Waals surface area contributed by atoms with Gasteiger partial charge in [-0.25, -0.2) is 18.7 Å². The van der Waals surface area contributed by atoms with E-state index in [1.54, 1.807) is 18.7 Å². The monoisotopic (exact) mass is 603 g/mol. The zero-order chi connectivity index (χ0) is 31.1. The lowest BCUT2D eigenvalue weighted by molar-refractivity contribution is -0.137. The molecule has 228 valence electrons. The topological polar surface area (TPSA) is 89.6 Å². The van der Waals surface area contributed by atoms with Crippen LogP contribution in [0.3, 0.4) is 0 Å². The maximum absolute atomic E-state index is 15.3. The first kappa shape index (κ1) is 30.0. The second-order valence-corrected chi connectivity index (χ2v) is 10.4. The molecule has 2 aromatic heterocycles. The van der Waals surface area contributed by atoms with Crippen LogP contribution in [0.15, 0.2) is 36.7 Å². The standard InChI is InChI=1S/C29H30F5N7O2/c1-5-40(4)28(42)23-26(35-15-36-27(23)43-22-14-20(30)25-18(24(22)31)12-16(2)37-25)38-17-6-7-21(19(13-17)29(32,33)34)41-10-8-39(3)9-11-41/h6-7,12-15,37H,5,8-11H2,1-4H3,(H,35,36,38). The third kappa shape index (κ3) is 6.05. The van der Waals surface area contributed by atoms with Crippen molar-refractivity contribution >= 4 is 34.0 Å². The molecule has 0 unspecified atom stereocenters. The van der Waals surface area contributed by atoms with Crippen LogP contribution in [0.2, 0.25) is 0 Å². The summed E-state index contributed by atoms with van der Waals surface area (Å²) in [5.41, 5.74) is -0.588. The first-order valence-corrected chi connectivity index (χ1v) is 13.5. The number of fused-ring (bicyclic) bond motifs is 1. The molecule has 9 nitrogen and oxygen atoms in total. The van der Waals surface area contributed by atoms with E-state index in [-0.39, 0.29) is 40.2 Å². The number of piperazine rings is 1. The summed E-state index contributed by atoms with van der Waals surface area (Å²) < 4.78 is 78.4. The number of H-pyrrole nitrogens is 1. The lowest BCUT2D eigenvalue weighted by Gasteiger charge is -2.35. The largest absolute Gasteiger partial charge is 0.435 e. The fraction of sp³-hybridized carbons (Fsp3) is 0.345. The summed E-state index contributed by atoms with van der Waals surface area (Å²) in [5.74, 6) is -3.42. The zero-order valence-corrected chi connectivity index (χ0v) is 23.9. The Balaban J connectivity index is 1.55. The van der Waals surface area contributed by atoms with Gasteiger partial charge in [-0.15, -0.1) is 0 Å². The van der Waals surface area contributed by atoms with Gasteiger partial charge in [0.25, 0.3) is 5.91 Å². The third-order valence-corrected chi connectivity index (χ3v) is 7.36. The van der Waals surface area contributed by atoms with Crippen LogP contribution < -0.4 is 15.0 Å². The number of carbonyl (C=O) groups excluding carboxylic acids is 1. The van der Waals surface area contributed by atoms with Gasteiger partial charge in [-0.2, -0.15) is 13.2 Å². The molecule has 4 aromatic rings. The molecule has 0 aliphatic carbocycles. The smallest absolute Gasteiger partial charge is 0.418 e. The van der Waals surface area contributed by atoms with E-state index in [2.05, 4.69) is 20.3 Å². The second kappa shape index (κ2) is 11.7. The molecule has 1 amide bonds. The number of nitrogens with zero attached hydrogens (tertiary/aromatic N) is 5. The van der Waals surface area contributed by atoms with Gasteiger partial charge in [0.1, 0.15) is 11.9 Å². The summed E-state index contributed by atoms with van der Waals surface area (Å²) in [7, 11) is 3.40. The second-order valence-electron chi connectivity index (χ2n) is 10.4. The van der Waals surface area contributed by atoms with Gasteiger partial charge in [-0.05, 0) is 45.2 Å². The number of benzene rings is 2. The fourth-order valence-electron chi connectivity index (χ4n) is 4.88. The lowest BCUT2D eigenvalue weighted by Crippen LogP contribution is -2.45. The number of amides is 1. The molecule has 1 aliphatic heterocycles. The predicted molar refractivity (Wildman–Crippen MR) is 152 cm³/mol. The van der Waals surface area contributed by atoms with Crippen molar-refractivity contribution < 1.29 is 31.5 Å². The van der Waals surface area contributed by atoms with E-state index in [1.807, 2.05) is 11.9 Å². The molecule has 1 saturated heterocycles. The zero-order valence-electron chi connectivity index (χ0n) is 23.9. The normalized spacial score (nSPS) is 14.3. The number of carbonyl (C=O) groups is 1. The first-order chi connectivity index (χ1) is 20.4. The lowest BCUT2D eigenvalue weighted by atomic mass is 10.1. The Morgan fingerprint density at radius 2 is 1.84 bits per heavy atom. The quantitative estimate of drug-likeness (QED) is 0.253. The van der Waals surface area contributed by atoms with Crippen molar-refractivity contribution in [2.45, 2.75) is 20.0 Å². The van der Waals surface area contributed by atoms with Crippen molar-refractivity contribution in [1.29, 1.82) is 0 Å². The van der Waals surface area contributed by atoms with Gasteiger partial charge >= 0.3 is 6.18 Å². The van der Waals surface area contributed by atoms with Crippen molar-refractivity contribution in [1.82, 2.24) is 24.8 Å². The number of ether oxygens (including phenoxy) is 1. The summed E-state index contributed by atoms with van der Waals surface area (Å²) in [6, 6.07) is 6.02. The molecule has 1 fully saturated rings. The van der Waals surface area contributed by atoms with Crippen LogP contribution in [0.1, 0.15) is 28.5 Å². The Morgan fingerprint density at radius 1 is 1.12 bits per heavy atom. The van der Waals surface area contributed by atoms with E-state index in [9.17, 15) is 22.4 Å². The molecule has 2 aromatic carbocycles. The van der Waals surface area contributed by atoms with Crippen LogP contribution in [-0.4, -0.2) is 77.5 Å². The van der Waals surface area contributed by atoms with Crippen LogP contribution in [0, 0.1) is 18.6 Å². The highest BCUT2D eigenvalue weighted by molar-refractivity contribution is 6.01. The van der Waals surface area contributed by atoms with Crippen LogP contribution in [0.4, 0.5) is 39.1 Å². The molecule has 0 spiro atoms. The highest BCUT2D eigenvalue weighted by Crippen LogP contribution is 2.40. The Hall–Kier alpha value is -4.46. The minimum absolute atomic E-state index is 0.00416. The SMILES string of the molecule is CCN(C)C(=O)c1c(Nc2ccc(N3CCN(C)CC3)c(C(F)(F)F)c2)ncnc1Oc1cc(F)c2[nH]c(C)cc2c1F. The first-order valence-electron chi connectivity index (χ1n) is 13.5. The third-order valence-electron chi connectivity index (χ3n) is 7.36. The van der Waals surface area contributed by atoms with Crippen molar-refractivity contribution in [2.75, 3.05) is 57.0 Å². The maximum Gasteiger partial charge on any atom is 0.418 e. The fourth-order valence-corrected chi connectivity index (χ4v) is 4.88. The number of hydrogen-bond donors (Lipinski definition) is 2.